The predicted molar refractivity (Wildman–Crippen MR) is 79.1 cm³/mol. The second kappa shape index (κ2) is 5.01. The van der Waals surface area contributed by atoms with Crippen LogP contribution in [0.3, 0.4) is 0 Å². The van der Waals surface area contributed by atoms with E-state index in [2.05, 4.69) is 20.5 Å². The third-order valence-electron chi connectivity index (χ3n) is 3.14. The zero-order valence-corrected chi connectivity index (χ0v) is 12.1. The van der Waals surface area contributed by atoms with E-state index in [1.807, 2.05) is 18.5 Å². The summed E-state index contributed by atoms with van der Waals surface area (Å²) in [4.78, 5) is 16.5. The number of aryl methyl sites for hydroxylation is 1. The molecule has 0 spiro atoms. The summed E-state index contributed by atoms with van der Waals surface area (Å²) in [6.07, 6.45) is 5.05. The van der Waals surface area contributed by atoms with E-state index in [-0.39, 0.29) is 11.9 Å². The second-order valence-corrected chi connectivity index (χ2v) is 5.15. The monoisotopic (exact) mass is 284 g/mol. The lowest BCUT2D eigenvalue weighted by Gasteiger charge is -2.06. The Bertz CT molecular complexity index is 801. The molecule has 108 valence electrons. The molecule has 0 aromatic carbocycles. The SMILES string of the molecule is CC(C)n1ncc2cc(C(=O)Nc3ccn(C)n3)cnc21. The van der Waals surface area contributed by atoms with Gasteiger partial charge in [-0.1, -0.05) is 0 Å². The number of nitrogens with zero attached hydrogens (tertiary/aromatic N) is 5. The minimum Gasteiger partial charge on any atom is -0.305 e. The third kappa shape index (κ3) is 2.49. The number of aromatic nitrogens is 5. The number of carbonyl (C=O) groups excluding carboxylic acids is 1. The lowest BCUT2D eigenvalue weighted by Crippen LogP contribution is -2.13. The quantitative estimate of drug-likeness (QED) is 0.798. The first kappa shape index (κ1) is 13.3. The summed E-state index contributed by atoms with van der Waals surface area (Å²) in [5.41, 5.74) is 1.26. The molecule has 0 aliphatic rings. The summed E-state index contributed by atoms with van der Waals surface area (Å²) in [6, 6.07) is 3.75. The van der Waals surface area contributed by atoms with Crippen LogP contribution in [-0.2, 0) is 7.05 Å². The van der Waals surface area contributed by atoms with E-state index in [4.69, 9.17) is 0 Å². The van der Waals surface area contributed by atoms with E-state index in [1.54, 1.807) is 42.5 Å². The van der Waals surface area contributed by atoms with Crippen molar-refractivity contribution in [2.24, 2.45) is 7.05 Å². The molecule has 1 N–H and O–H groups in total. The van der Waals surface area contributed by atoms with Crippen LogP contribution in [0.5, 0.6) is 0 Å². The largest absolute Gasteiger partial charge is 0.305 e. The molecule has 7 nitrogen and oxygen atoms in total. The average Bonchev–Trinajstić information content (AvgIpc) is 3.04. The van der Waals surface area contributed by atoms with E-state index in [9.17, 15) is 4.79 Å². The van der Waals surface area contributed by atoms with Crippen LogP contribution in [0, 0.1) is 0 Å². The summed E-state index contributed by atoms with van der Waals surface area (Å²) in [6.45, 7) is 4.08. The standard InChI is InChI=1S/C14H16N6O/c1-9(2)20-13-10(8-16-20)6-11(7-15-13)14(21)17-12-4-5-19(3)18-12/h4-9H,1-3H3,(H,17,18,21). The van der Waals surface area contributed by atoms with Gasteiger partial charge in [0.25, 0.3) is 5.91 Å². The summed E-state index contributed by atoms with van der Waals surface area (Å²) < 4.78 is 3.46. The fourth-order valence-corrected chi connectivity index (χ4v) is 2.11. The normalized spacial score (nSPS) is 11.2. The zero-order valence-electron chi connectivity index (χ0n) is 12.1. The maximum absolute atomic E-state index is 12.2. The molecule has 3 rings (SSSR count). The van der Waals surface area contributed by atoms with Gasteiger partial charge in [0.05, 0.1) is 11.8 Å². The molecule has 0 aliphatic carbocycles. The Labute approximate surface area is 121 Å². The number of nitrogens with one attached hydrogen (secondary N) is 1. The van der Waals surface area contributed by atoms with E-state index >= 15 is 0 Å². The second-order valence-electron chi connectivity index (χ2n) is 5.15. The number of anilines is 1. The van der Waals surface area contributed by atoms with Crippen molar-refractivity contribution in [2.75, 3.05) is 5.32 Å². The molecule has 3 aromatic rings. The molecule has 0 radical (unpaired) electrons. The Morgan fingerprint density at radius 1 is 1.33 bits per heavy atom. The number of pyridine rings is 1. The Hall–Kier alpha value is -2.70. The van der Waals surface area contributed by atoms with Gasteiger partial charge in [0.1, 0.15) is 0 Å². The van der Waals surface area contributed by atoms with Crippen molar-refractivity contribution >= 4 is 22.8 Å². The van der Waals surface area contributed by atoms with Crippen LogP contribution in [-0.4, -0.2) is 30.5 Å². The first-order chi connectivity index (χ1) is 10.0. The van der Waals surface area contributed by atoms with Crippen LogP contribution >= 0.6 is 0 Å². The van der Waals surface area contributed by atoms with Gasteiger partial charge in [-0.2, -0.15) is 10.2 Å². The van der Waals surface area contributed by atoms with Crippen LogP contribution in [0.4, 0.5) is 5.82 Å². The van der Waals surface area contributed by atoms with Gasteiger partial charge in [-0.25, -0.2) is 9.67 Å². The fourth-order valence-electron chi connectivity index (χ4n) is 2.11. The van der Waals surface area contributed by atoms with Crippen molar-refractivity contribution in [1.29, 1.82) is 0 Å². The molecule has 0 atom stereocenters. The van der Waals surface area contributed by atoms with Crippen molar-refractivity contribution in [3.8, 4) is 0 Å². The summed E-state index contributed by atoms with van der Waals surface area (Å²) in [5, 5.41) is 12.0. The van der Waals surface area contributed by atoms with E-state index in [1.165, 1.54) is 0 Å². The molecular formula is C14H16N6O. The molecule has 0 saturated heterocycles. The minimum atomic E-state index is -0.236. The van der Waals surface area contributed by atoms with Crippen molar-refractivity contribution in [2.45, 2.75) is 19.9 Å². The molecule has 0 unspecified atom stereocenters. The van der Waals surface area contributed by atoms with Crippen molar-refractivity contribution in [3.63, 3.8) is 0 Å². The predicted octanol–water partition coefficient (Wildman–Crippen LogP) is 2.00. The molecule has 0 fully saturated rings. The highest BCUT2D eigenvalue weighted by Gasteiger charge is 2.12. The highest BCUT2D eigenvalue weighted by molar-refractivity contribution is 6.05. The summed E-state index contributed by atoms with van der Waals surface area (Å²) >= 11 is 0. The maximum Gasteiger partial charge on any atom is 0.258 e. The van der Waals surface area contributed by atoms with Crippen molar-refractivity contribution in [1.82, 2.24) is 24.5 Å². The Morgan fingerprint density at radius 2 is 2.14 bits per heavy atom. The number of amides is 1. The van der Waals surface area contributed by atoms with E-state index in [0.29, 0.717) is 11.4 Å². The molecule has 0 aliphatic heterocycles. The molecule has 1 amide bonds. The van der Waals surface area contributed by atoms with E-state index in [0.717, 1.165) is 11.0 Å². The minimum absolute atomic E-state index is 0.225. The number of hydrogen-bond donors (Lipinski definition) is 1. The van der Waals surface area contributed by atoms with Crippen LogP contribution in [0.2, 0.25) is 0 Å². The first-order valence-electron chi connectivity index (χ1n) is 6.69. The summed E-state index contributed by atoms with van der Waals surface area (Å²) in [7, 11) is 1.80. The zero-order chi connectivity index (χ0) is 15.0. The van der Waals surface area contributed by atoms with Crippen LogP contribution < -0.4 is 5.32 Å². The van der Waals surface area contributed by atoms with Gasteiger partial charge in [-0.3, -0.25) is 9.48 Å². The highest BCUT2D eigenvalue weighted by atomic mass is 16.1. The van der Waals surface area contributed by atoms with Gasteiger partial charge in [0.2, 0.25) is 0 Å². The lowest BCUT2D eigenvalue weighted by atomic mass is 10.2. The first-order valence-corrected chi connectivity index (χ1v) is 6.69. The molecule has 7 heteroatoms. The topological polar surface area (TPSA) is 77.6 Å². The maximum atomic E-state index is 12.2. The van der Waals surface area contributed by atoms with Gasteiger partial charge in [-0.05, 0) is 19.9 Å². The van der Waals surface area contributed by atoms with E-state index < -0.39 is 0 Å². The van der Waals surface area contributed by atoms with Crippen LogP contribution in [0.15, 0.2) is 30.7 Å². The number of hydrogen-bond acceptors (Lipinski definition) is 4. The van der Waals surface area contributed by atoms with Gasteiger partial charge in [0.15, 0.2) is 11.5 Å². The Kier molecular flexibility index (Phi) is 3.17. The highest BCUT2D eigenvalue weighted by Crippen LogP contribution is 2.17. The average molecular weight is 284 g/mol. The Morgan fingerprint density at radius 3 is 2.81 bits per heavy atom. The summed E-state index contributed by atoms with van der Waals surface area (Å²) in [5.74, 6) is 0.279. The molecule has 0 saturated carbocycles. The van der Waals surface area contributed by atoms with Gasteiger partial charge < -0.3 is 5.32 Å². The molecule has 3 aromatic heterocycles. The van der Waals surface area contributed by atoms with Crippen molar-refractivity contribution < 1.29 is 4.79 Å². The Balaban J connectivity index is 1.88. The molecule has 3 heterocycles. The molecule has 0 bridgehead atoms. The fraction of sp³-hybridized carbons (Fsp3) is 0.286. The molecular weight excluding hydrogens is 268 g/mol. The van der Waals surface area contributed by atoms with Crippen molar-refractivity contribution in [3.05, 3.63) is 36.3 Å². The third-order valence-corrected chi connectivity index (χ3v) is 3.14. The van der Waals surface area contributed by atoms with Crippen LogP contribution in [0.1, 0.15) is 30.2 Å². The van der Waals surface area contributed by atoms with Gasteiger partial charge in [0, 0.05) is 36.9 Å². The molecule has 21 heavy (non-hydrogen) atoms. The lowest BCUT2D eigenvalue weighted by molar-refractivity contribution is 0.102. The van der Waals surface area contributed by atoms with Gasteiger partial charge in [-0.15, -0.1) is 0 Å². The number of rotatable bonds is 3. The van der Waals surface area contributed by atoms with Crippen LogP contribution in [0.25, 0.3) is 11.0 Å². The smallest absolute Gasteiger partial charge is 0.258 e. The van der Waals surface area contributed by atoms with Gasteiger partial charge >= 0.3 is 0 Å². The number of carbonyl (C=O) groups is 1. The number of fused-ring (bicyclic) bond motifs is 1.